The number of carbonyl (C=O) groups excluding carboxylic acids is 1. The fourth-order valence-electron chi connectivity index (χ4n) is 6.50. The second-order valence-corrected chi connectivity index (χ2v) is 15.4. The van der Waals surface area contributed by atoms with Gasteiger partial charge in [-0.1, -0.05) is 68.3 Å². The molecule has 0 unspecified atom stereocenters. The van der Waals surface area contributed by atoms with Gasteiger partial charge in [-0.15, -0.1) is 0 Å². The fraction of sp³-hybridized carbons (Fsp3) is 0.447. The van der Waals surface area contributed by atoms with E-state index in [4.69, 9.17) is 10.2 Å². The first-order valence-corrected chi connectivity index (χ1v) is 18.8. The van der Waals surface area contributed by atoms with Crippen LogP contribution in [0.3, 0.4) is 0 Å². The van der Waals surface area contributed by atoms with E-state index in [1.54, 1.807) is 12.1 Å². The van der Waals surface area contributed by atoms with Crippen molar-refractivity contribution in [2.45, 2.75) is 83.1 Å². The first kappa shape index (κ1) is 36.8. The number of sulfone groups is 1. The van der Waals surface area contributed by atoms with Gasteiger partial charge in [-0.05, 0) is 104 Å². The minimum atomic E-state index is -2.92. The molecule has 258 valence electrons. The Morgan fingerprint density at radius 1 is 0.792 bits per heavy atom. The van der Waals surface area contributed by atoms with Gasteiger partial charge in [-0.25, -0.2) is 12.8 Å². The molecule has 1 saturated heterocycles. The van der Waals surface area contributed by atoms with Crippen LogP contribution in [0.1, 0.15) is 92.5 Å². The molecule has 3 aromatic rings. The monoisotopic (exact) mass is 679 g/mol. The number of hydrogen-bond donors (Lipinski definition) is 2. The summed E-state index contributed by atoms with van der Waals surface area (Å²) in [5, 5.41) is 18.3. The zero-order chi connectivity index (χ0) is 34.8. The number of carboxylic acids is 2. The van der Waals surface area contributed by atoms with Crippen LogP contribution in [0.5, 0.6) is 0 Å². The standard InChI is InChI=1S/C38H46FNO7S/c1-26(29-18-20-31(39)21-19-29)11-24-33-35(30-16-12-28(13-17-30)9-7-10-34(37(42)43)38(44)45)40(36(33)41)32-22-14-27(15-23-32)8-5-3-4-6-25-48(2,46)47/h12-23,26,33-35H,3-11,24-25H2,1-2H3,(H,42,43)(H,44,45)/t26-,33+,35+/m0/s1. The topological polar surface area (TPSA) is 129 Å². The summed E-state index contributed by atoms with van der Waals surface area (Å²) < 4.78 is 36.1. The van der Waals surface area contributed by atoms with Gasteiger partial charge in [0, 0.05) is 17.7 Å². The predicted octanol–water partition coefficient (Wildman–Crippen LogP) is 7.37. The second kappa shape index (κ2) is 16.9. The summed E-state index contributed by atoms with van der Waals surface area (Å²) in [6.45, 7) is 2.08. The lowest BCUT2D eigenvalue weighted by Gasteiger charge is -2.48. The fourth-order valence-corrected chi connectivity index (χ4v) is 7.23. The largest absolute Gasteiger partial charge is 0.481 e. The first-order valence-electron chi connectivity index (χ1n) is 16.7. The molecule has 0 aliphatic carbocycles. The quantitative estimate of drug-likeness (QED) is 0.0769. The van der Waals surface area contributed by atoms with Gasteiger partial charge < -0.3 is 15.1 Å². The molecular weight excluding hydrogens is 633 g/mol. The number of benzene rings is 3. The first-order chi connectivity index (χ1) is 22.8. The summed E-state index contributed by atoms with van der Waals surface area (Å²) >= 11 is 0. The molecule has 3 aromatic carbocycles. The summed E-state index contributed by atoms with van der Waals surface area (Å²) in [6, 6.07) is 22.3. The van der Waals surface area contributed by atoms with E-state index < -0.39 is 27.7 Å². The minimum absolute atomic E-state index is 0.0464. The molecule has 4 rings (SSSR count). The van der Waals surface area contributed by atoms with E-state index in [1.165, 1.54) is 18.4 Å². The van der Waals surface area contributed by atoms with Gasteiger partial charge in [0.1, 0.15) is 15.7 Å². The lowest BCUT2D eigenvalue weighted by Crippen LogP contribution is -2.55. The van der Waals surface area contributed by atoms with E-state index in [9.17, 15) is 27.2 Å². The molecule has 1 amide bonds. The molecule has 1 heterocycles. The van der Waals surface area contributed by atoms with E-state index in [2.05, 4.69) is 6.92 Å². The average Bonchev–Trinajstić information content (AvgIpc) is 3.04. The van der Waals surface area contributed by atoms with Gasteiger partial charge in [0.15, 0.2) is 5.92 Å². The van der Waals surface area contributed by atoms with Crippen molar-refractivity contribution < 1.29 is 37.4 Å². The van der Waals surface area contributed by atoms with Crippen LogP contribution < -0.4 is 4.90 Å². The number of unbranched alkanes of at least 4 members (excludes halogenated alkanes) is 3. The summed E-state index contributed by atoms with van der Waals surface area (Å²) in [7, 11) is -2.92. The second-order valence-electron chi connectivity index (χ2n) is 13.1. The number of aryl methyl sites for hydroxylation is 2. The van der Waals surface area contributed by atoms with Crippen molar-refractivity contribution in [2.24, 2.45) is 11.8 Å². The molecule has 0 radical (unpaired) electrons. The zero-order valence-corrected chi connectivity index (χ0v) is 28.5. The highest BCUT2D eigenvalue weighted by molar-refractivity contribution is 7.90. The van der Waals surface area contributed by atoms with Gasteiger partial charge in [0.2, 0.25) is 5.91 Å². The maximum atomic E-state index is 13.7. The molecular formula is C38H46FNO7S. The normalized spacial score (nSPS) is 16.9. The molecule has 0 bridgehead atoms. The van der Waals surface area contributed by atoms with E-state index in [-0.39, 0.29) is 41.8 Å². The number of halogens is 1. The van der Waals surface area contributed by atoms with Crippen LogP contribution in [0.2, 0.25) is 0 Å². The Hall–Kier alpha value is -4.05. The van der Waals surface area contributed by atoms with Gasteiger partial charge in [0.05, 0.1) is 12.0 Å². The molecule has 1 aliphatic heterocycles. The number of rotatable bonds is 19. The van der Waals surface area contributed by atoms with Crippen molar-refractivity contribution in [1.29, 1.82) is 0 Å². The Morgan fingerprint density at radius 3 is 1.94 bits per heavy atom. The smallest absolute Gasteiger partial charge is 0.317 e. The number of carbonyl (C=O) groups is 3. The van der Waals surface area contributed by atoms with Crippen LogP contribution >= 0.6 is 0 Å². The van der Waals surface area contributed by atoms with Gasteiger partial charge in [-0.3, -0.25) is 14.4 Å². The van der Waals surface area contributed by atoms with E-state index in [0.29, 0.717) is 25.7 Å². The molecule has 3 atom stereocenters. The molecule has 8 nitrogen and oxygen atoms in total. The Kier molecular flexibility index (Phi) is 12.9. The molecule has 1 fully saturated rings. The van der Waals surface area contributed by atoms with Crippen LogP contribution in [0.4, 0.5) is 10.1 Å². The number of amides is 1. The SMILES string of the molecule is C[C@@H](CC[C@H]1C(=O)N(c2ccc(CCCCCCS(C)(=O)=O)cc2)[C@@H]1c1ccc(CCCC(C(=O)O)C(=O)O)cc1)c1ccc(F)cc1. The van der Waals surface area contributed by atoms with Crippen LogP contribution in [0, 0.1) is 17.7 Å². The molecule has 10 heteroatoms. The third-order valence-corrected chi connectivity index (χ3v) is 10.4. The van der Waals surface area contributed by atoms with Crippen molar-refractivity contribution >= 4 is 33.4 Å². The number of aliphatic carboxylic acids is 2. The lowest BCUT2D eigenvalue weighted by molar-refractivity contribution is -0.154. The van der Waals surface area contributed by atoms with Crippen molar-refractivity contribution in [3.05, 3.63) is 101 Å². The third kappa shape index (κ3) is 10.2. The predicted molar refractivity (Wildman–Crippen MR) is 184 cm³/mol. The van der Waals surface area contributed by atoms with Crippen molar-refractivity contribution in [1.82, 2.24) is 0 Å². The maximum Gasteiger partial charge on any atom is 0.317 e. The number of carboxylic acid groups (broad SMARTS) is 2. The Labute approximate surface area is 282 Å². The zero-order valence-electron chi connectivity index (χ0n) is 27.7. The molecule has 2 N–H and O–H groups in total. The van der Waals surface area contributed by atoms with Crippen molar-refractivity contribution in [2.75, 3.05) is 16.9 Å². The summed E-state index contributed by atoms with van der Waals surface area (Å²) in [5.41, 5.74) is 4.97. The molecule has 0 spiro atoms. The van der Waals surface area contributed by atoms with E-state index in [1.807, 2.05) is 53.4 Å². The molecule has 0 saturated carbocycles. The number of β-lactam (4-membered cyclic amide) rings is 1. The molecule has 48 heavy (non-hydrogen) atoms. The Balaban J connectivity index is 1.43. The average molecular weight is 680 g/mol. The van der Waals surface area contributed by atoms with Gasteiger partial charge >= 0.3 is 11.9 Å². The highest BCUT2D eigenvalue weighted by Crippen LogP contribution is 2.46. The van der Waals surface area contributed by atoms with Crippen LogP contribution in [0.15, 0.2) is 72.8 Å². The van der Waals surface area contributed by atoms with Crippen molar-refractivity contribution in [3.8, 4) is 0 Å². The maximum absolute atomic E-state index is 13.7. The van der Waals surface area contributed by atoms with E-state index in [0.717, 1.165) is 60.0 Å². The highest BCUT2D eigenvalue weighted by atomic mass is 32.2. The summed E-state index contributed by atoms with van der Waals surface area (Å²) in [5.74, 6) is -4.15. The Morgan fingerprint density at radius 2 is 1.35 bits per heavy atom. The highest BCUT2D eigenvalue weighted by Gasteiger charge is 2.48. The number of hydrogen-bond acceptors (Lipinski definition) is 5. The summed E-state index contributed by atoms with van der Waals surface area (Å²) in [6.07, 6.45) is 8.06. The van der Waals surface area contributed by atoms with E-state index >= 15 is 0 Å². The lowest BCUT2D eigenvalue weighted by atomic mass is 9.77. The molecule has 0 aromatic heterocycles. The van der Waals surface area contributed by atoms with Crippen LogP contribution in [-0.4, -0.2) is 48.5 Å². The number of anilines is 1. The van der Waals surface area contributed by atoms with Crippen LogP contribution in [-0.2, 0) is 37.1 Å². The van der Waals surface area contributed by atoms with Gasteiger partial charge in [-0.2, -0.15) is 0 Å². The Bertz CT molecular complexity index is 1630. The number of nitrogens with zero attached hydrogens (tertiary/aromatic N) is 1. The van der Waals surface area contributed by atoms with Crippen LogP contribution in [0.25, 0.3) is 0 Å². The summed E-state index contributed by atoms with van der Waals surface area (Å²) in [4.78, 5) is 38.0. The molecule has 1 aliphatic rings. The van der Waals surface area contributed by atoms with Gasteiger partial charge in [0.25, 0.3) is 0 Å². The third-order valence-electron chi connectivity index (χ3n) is 9.38. The minimum Gasteiger partial charge on any atom is -0.481 e. The van der Waals surface area contributed by atoms with Crippen molar-refractivity contribution in [3.63, 3.8) is 0 Å².